The maximum absolute atomic E-state index is 11.8. The van der Waals surface area contributed by atoms with Crippen LogP contribution in [-0.2, 0) is 16.6 Å². The third kappa shape index (κ3) is 2.39. The van der Waals surface area contributed by atoms with Crippen LogP contribution < -0.4 is 5.32 Å². The zero-order chi connectivity index (χ0) is 11.6. The van der Waals surface area contributed by atoms with Gasteiger partial charge in [0, 0.05) is 20.2 Å². The zero-order valence-corrected chi connectivity index (χ0v) is 10.2. The molecule has 0 spiro atoms. The Morgan fingerprint density at radius 1 is 1.47 bits per heavy atom. The van der Waals surface area contributed by atoms with Gasteiger partial charge in [0.15, 0.2) is 0 Å². The summed E-state index contributed by atoms with van der Waals surface area (Å²) in [5, 5.41) is 2.90. The summed E-state index contributed by atoms with van der Waals surface area (Å²) in [6.45, 7) is 2.17. The molecule has 0 radical (unpaired) electrons. The number of furan rings is 1. The number of rotatable bonds is 4. The number of nitrogens with zero attached hydrogens (tertiary/aromatic N) is 1. The minimum absolute atomic E-state index is 0.234. The first-order valence-corrected chi connectivity index (χ1v) is 6.00. The van der Waals surface area contributed by atoms with E-state index in [-0.39, 0.29) is 4.90 Å². The van der Waals surface area contributed by atoms with E-state index in [0.29, 0.717) is 18.1 Å². The number of sulfonamides is 1. The zero-order valence-electron chi connectivity index (χ0n) is 9.36. The smallest absolute Gasteiger partial charge is 0.246 e. The molecule has 1 N–H and O–H groups in total. The maximum Gasteiger partial charge on any atom is 0.246 e. The molecule has 1 aromatic rings. The van der Waals surface area contributed by atoms with Gasteiger partial charge in [-0.1, -0.05) is 0 Å². The third-order valence-corrected chi connectivity index (χ3v) is 3.96. The predicted molar refractivity (Wildman–Crippen MR) is 57.1 cm³/mol. The number of hydrogen-bond acceptors (Lipinski definition) is 4. The summed E-state index contributed by atoms with van der Waals surface area (Å²) in [4.78, 5) is 0.234. The van der Waals surface area contributed by atoms with Crippen LogP contribution in [0.1, 0.15) is 11.5 Å². The lowest BCUT2D eigenvalue weighted by molar-refractivity contribution is 0.463. The lowest BCUT2D eigenvalue weighted by Gasteiger charge is -2.09. The van der Waals surface area contributed by atoms with Crippen molar-refractivity contribution in [2.75, 3.05) is 21.1 Å². The highest BCUT2D eigenvalue weighted by atomic mass is 32.2. The van der Waals surface area contributed by atoms with Crippen molar-refractivity contribution in [1.82, 2.24) is 9.62 Å². The lowest BCUT2D eigenvalue weighted by Crippen LogP contribution is -2.22. The van der Waals surface area contributed by atoms with Crippen LogP contribution in [0, 0.1) is 6.92 Å². The quantitative estimate of drug-likeness (QED) is 0.824. The van der Waals surface area contributed by atoms with Gasteiger partial charge in [0.05, 0.1) is 6.54 Å². The second kappa shape index (κ2) is 4.34. The van der Waals surface area contributed by atoms with Crippen molar-refractivity contribution in [3.8, 4) is 0 Å². The Hall–Kier alpha value is -0.850. The molecule has 0 amide bonds. The SMILES string of the molecule is CNCc1cc(S(=O)(=O)N(C)C)c(C)o1. The van der Waals surface area contributed by atoms with Gasteiger partial charge in [-0.3, -0.25) is 0 Å². The Morgan fingerprint density at radius 2 is 2.07 bits per heavy atom. The molecule has 0 atom stereocenters. The van der Waals surface area contributed by atoms with E-state index in [2.05, 4.69) is 5.32 Å². The average Bonchev–Trinajstić information content (AvgIpc) is 2.47. The van der Waals surface area contributed by atoms with Gasteiger partial charge >= 0.3 is 0 Å². The largest absolute Gasteiger partial charge is 0.464 e. The molecular weight excluding hydrogens is 216 g/mol. The highest BCUT2D eigenvalue weighted by molar-refractivity contribution is 7.89. The normalized spacial score (nSPS) is 12.3. The first-order valence-electron chi connectivity index (χ1n) is 4.56. The molecule has 0 aliphatic rings. The molecule has 0 unspecified atom stereocenters. The summed E-state index contributed by atoms with van der Waals surface area (Å²) in [5.41, 5.74) is 0. The molecule has 0 saturated carbocycles. The van der Waals surface area contributed by atoms with Crippen molar-refractivity contribution in [2.24, 2.45) is 0 Å². The Morgan fingerprint density at radius 3 is 2.53 bits per heavy atom. The van der Waals surface area contributed by atoms with Crippen LogP contribution in [0.5, 0.6) is 0 Å². The molecule has 5 nitrogen and oxygen atoms in total. The monoisotopic (exact) mass is 232 g/mol. The molecule has 1 heterocycles. The minimum atomic E-state index is -3.39. The van der Waals surface area contributed by atoms with Gasteiger partial charge in [-0.25, -0.2) is 12.7 Å². The summed E-state index contributed by atoms with van der Waals surface area (Å²) in [6, 6.07) is 1.56. The summed E-state index contributed by atoms with van der Waals surface area (Å²) in [6.07, 6.45) is 0. The molecular formula is C9H16N2O3S. The molecule has 0 fully saturated rings. The Kier molecular flexibility index (Phi) is 3.54. The van der Waals surface area contributed by atoms with Crippen LogP contribution in [0.25, 0.3) is 0 Å². The summed E-state index contributed by atoms with van der Waals surface area (Å²) in [5.74, 6) is 1.05. The van der Waals surface area contributed by atoms with E-state index in [1.807, 2.05) is 0 Å². The van der Waals surface area contributed by atoms with Crippen LogP contribution in [-0.4, -0.2) is 33.9 Å². The first kappa shape index (κ1) is 12.2. The third-order valence-electron chi connectivity index (χ3n) is 2.03. The molecule has 86 valence electrons. The molecule has 0 aliphatic carbocycles. The lowest BCUT2D eigenvalue weighted by atomic mass is 10.4. The van der Waals surface area contributed by atoms with E-state index in [0.717, 1.165) is 0 Å². The van der Waals surface area contributed by atoms with Gasteiger partial charge in [-0.15, -0.1) is 0 Å². The van der Waals surface area contributed by atoms with Crippen molar-refractivity contribution in [3.05, 3.63) is 17.6 Å². The van der Waals surface area contributed by atoms with Gasteiger partial charge in [0.1, 0.15) is 16.4 Å². The van der Waals surface area contributed by atoms with E-state index >= 15 is 0 Å². The molecule has 6 heteroatoms. The molecule has 1 rings (SSSR count). The van der Waals surface area contributed by atoms with Crippen LogP contribution in [0.3, 0.4) is 0 Å². The van der Waals surface area contributed by atoms with Gasteiger partial charge < -0.3 is 9.73 Å². The molecule has 0 bridgehead atoms. The highest BCUT2D eigenvalue weighted by Gasteiger charge is 2.23. The van der Waals surface area contributed by atoms with Crippen molar-refractivity contribution in [3.63, 3.8) is 0 Å². The van der Waals surface area contributed by atoms with Gasteiger partial charge in [0.2, 0.25) is 10.0 Å². The van der Waals surface area contributed by atoms with Crippen molar-refractivity contribution in [2.45, 2.75) is 18.4 Å². The molecule has 0 aliphatic heterocycles. The molecule has 1 aromatic heterocycles. The van der Waals surface area contributed by atoms with E-state index in [4.69, 9.17) is 4.42 Å². The molecule has 0 saturated heterocycles. The van der Waals surface area contributed by atoms with Crippen molar-refractivity contribution in [1.29, 1.82) is 0 Å². The van der Waals surface area contributed by atoms with Gasteiger partial charge in [0.25, 0.3) is 0 Å². The average molecular weight is 232 g/mol. The summed E-state index contributed by atoms with van der Waals surface area (Å²) >= 11 is 0. The number of nitrogens with one attached hydrogen (secondary N) is 1. The standard InChI is InChI=1S/C9H16N2O3S/c1-7-9(15(12,13)11(3)4)5-8(14-7)6-10-2/h5,10H,6H2,1-4H3. The second-order valence-corrected chi connectivity index (χ2v) is 5.57. The van der Waals surface area contributed by atoms with Crippen LogP contribution in [0.15, 0.2) is 15.4 Å². The Labute approximate surface area is 90.1 Å². The fraction of sp³-hybridized carbons (Fsp3) is 0.556. The molecule has 15 heavy (non-hydrogen) atoms. The molecule has 0 aromatic carbocycles. The Balaban J connectivity index is 3.16. The number of aryl methyl sites for hydroxylation is 1. The van der Waals surface area contributed by atoms with E-state index < -0.39 is 10.0 Å². The van der Waals surface area contributed by atoms with Crippen molar-refractivity contribution >= 4 is 10.0 Å². The Bertz CT molecular complexity index is 434. The van der Waals surface area contributed by atoms with Crippen molar-refractivity contribution < 1.29 is 12.8 Å². The highest BCUT2D eigenvalue weighted by Crippen LogP contribution is 2.21. The predicted octanol–water partition coefficient (Wildman–Crippen LogP) is 0.558. The van der Waals surface area contributed by atoms with E-state index in [9.17, 15) is 8.42 Å². The maximum atomic E-state index is 11.8. The second-order valence-electron chi connectivity index (χ2n) is 3.45. The topological polar surface area (TPSA) is 62.6 Å². The summed E-state index contributed by atoms with van der Waals surface area (Å²) < 4.78 is 30.1. The van der Waals surface area contributed by atoms with Crippen LogP contribution in [0.4, 0.5) is 0 Å². The summed E-state index contributed by atoms with van der Waals surface area (Å²) in [7, 11) is 1.38. The van der Waals surface area contributed by atoms with Gasteiger partial charge in [-0.05, 0) is 14.0 Å². The number of hydrogen-bond donors (Lipinski definition) is 1. The minimum Gasteiger partial charge on any atom is -0.464 e. The van der Waals surface area contributed by atoms with E-state index in [1.165, 1.54) is 18.4 Å². The van der Waals surface area contributed by atoms with Gasteiger partial charge in [-0.2, -0.15) is 0 Å². The fourth-order valence-corrected chi connectivity index (χ4v) is 2.32. The van der Waals surface area contributed by atoms with E-state index in [1.54, 1.807) is 20.0 Å². The van der Waals surface area contributed by atoms with Crippen LogP contribution >= 0.6 is 0 Å². The van der Waals surface area contributed by atoms with Crippen LogP contribution in [0.2, 0.25) is 0 Å². The first-order chi connectivity index (χ1) is 6.89. The fourth-order valence-electron chi connectivity index (χ4n) is 1.24.